The van der Waals surface area contributed by atoms with E-state index < -0.39 is 98.2 Å². The number of hydrogen-bond acceptors (Lipinski definition) is 6. The van der Waals surface area contributed by atoms with Crippen LogP contribution in [0.5, 0.6) is 5.75 Å². The van der Waals surface area contributed by atoms with Crippen LogP contribution in [0.2, 0.25) is 0 Å². The predicted octanol–water partition coefficient (Wildman–Crippen LogP) is 4.66. The van der Waals surface area contributed by atoms with E-state index in [-0.39, 0.29) is 44.4 Å². The number of benzene rings is 2. The van der Waals surface area contributed by atoms with E-state index in [2.05, 4.69) is 0 Å². The van der Waals surface area contributed by atoms with E-state index in [0.29, 0.717) is 0 Å². The molecule has 2 aliphatic heterocycles. The number of rotatable bonds is 2. The third-order valence-electron chi connectivity index (χ3n) is 9.04. The van der Waals surface area contributed by atoms with Crippen molar-refractivity contribution in [2.45, 2.75) is 42.4 Å². The number of anilines is 1. The minimum absolute atomic E-state index is 0.0534. The van der Waals surface area contributed by atoms with Gasteiger partial charge >= 0.3 is 0 Å². The Morgan fingerprint density at radius 1 is 0.837 bits per heavy atom. The molecule has 0 spiro atoms. The molecule has 15 heteroatoms. The van der Waals surface area contributed by atoms with Crippen molar-refractivity contribution in [3.63, 3.8) is 0 Å². The van der Waals surface area contributed by atoms with Crippen LogP contribution in [0.4, 0.5) is 27.6 Å². The highest BCUT2D eigenvalue weighted by Gasteiger charge is 2.77. The highest BCUT2D eigenvalue weighted by molar-refractivity contribution is 6.58. The number of halogens is 7. The minimum Gasteiger partial charge on any atom is -0.507 e. The molecule has 2 aromatic rings. The number of aromatic hydroxyl groups is 1. The second-order valence-corrected chi connectivity index (χ2v) is 12.4. The van der Waals surface area contributed by atoms with Crippen molar-refractivity contribution >= 4 is 52.5 Å². The van der Waals surface area contributed by atoms with Gasteiger partial charge in [0, 0.05) is 5.92 Å². The van der Waals surface area contributed by atoms with Crippen LogP contribution in [0, 0.1) is 60.7 Å². The third kappa shape index (κ3) is 3.46. The fourth-order valence-corrected chi connectivity index (χ4v) is 8.02. The molecular formula is C28H19Cl2F5N2O6. The summed E-state index contributed by atoms with van der Waals surface area (Å²) in [6.45, 7) is 3.02. The summed E-state index contributed by atoms with van der Waals surface area (Å²) in [6, 6.07) is 2.81. The van der Waals surface area contributed by atoms with Crippen LogP contribution < -0.4 is 4.90 Å². The van der Waals surface area contributed by atoms with Gasteiger partial charge in [-0.15, -0.1) is 23.2 Å². The van der Waals surface area contributed by atoms with E-state index in [9.17, 15) is 42.7 Å². The predicted molar refractivity (Wildman–Crippen MR) is 138 cm³/mol. The molecular weight excluding hydrogens is 626 g/mol. The van der Waals surface area contributed by atoms with Crippen LogP contribution in [-0.4, -0.2) is 48.8 Å². The Kier molecular flexibility index (Phi) is 6.33. The van der Waals surface area contributed by atoms with Crippen LogP contribution in [0.1, 0.15) is 35.4 Å². The lowest BCUT2D eigenvalue weighted by Gasteiger charge is -2.50. The molecule has 226 valence electrons. The zero-order valence-corrected chi connectivity index (χ0v) is 23.5. The summed E-state index contributed by atoms with van der Waals surface area (Å²) in [5.41, 5.74) is -0.905. The lowest BCUT2D eigenvalue weighted by atomic mass is 9.56. The lowest BCUT2D eigenvalue weighted by Crippen LogP contribution is -2.60. The van der Waals surface area contributed by atoms with E-state index in [1.54, 1.807) is 0 Å². The Morgan fingerprint density at radius 2 is 1.37 bits per heavy atom. The van der Waals surface area contributed by atoms with Crippen molar-refractivity contribution < 1.29 is 51.4 Å². The molecule has 4 aliphatic rings. The average molecular weight is 645 g/mol. The molecule has 3 fully saturated rings. The molecule has 4 amide bonds. The number of phenols is 1. The first-order valence-corrected chi connectivity index (χ1v) is 13.6. The number of hydroxylamine groups is 2. The maximum Gasteiger partial charge on any atom is 0.258 e. The van der Waals surface area contributed by atoms with Gasteiger partial charge in [0.1, 0.15) is 11.4 Å². The SMILES string of the molecule is Cc1cc(C2C3=CCC4C(=O)N(O)C(=O)C4C3CC3(Cl)C(=O)N(c4c(F)c(F)c(F)c(F)c4F)C(=O)C23Cl)cc(C)c1O. The van der Waals surface area contributed by atoms with Crippen molar-refractivity contribution in [2.24, 2.45) is 17.8 Å². The number of carbonyl (C=O) groups is 4. The van der Waals surface area contributed by atoms with Crippen LogP contribution in [-0.2, 0) is 19.2 Å². The van der Waals surface area contributed by atoms with Gasteiger partial charge in [-0.2, -0.15) is 5.06 Å². The number of imide groups is 2. The monoisotopic (exact) mass is 644 g/mol. The molecule has 6 unspecified atom stereocenters. The van der Waals surface area contributed by atoms with Gasteiger partial charge in [-0.3, -0.25) is 24.4 Å². The first-order valence-electron chi connectivity index (χ1n) is 12.9. The number of nitrogens with zero attached hydrogens (tertiary/aromatic N) is 2. The Hall–Kier alpha value is -3.55. The van der Waals surface area contributed by atoms with Gasteiger partial charge in [-0.05, 0) is 49.3 Å². The Morgan fingerprint density at radius 3 is 1.93 bits per heavy atom. The van der Waals surface area contributed by atoms with Gasteiger partial charge in [0.05, 0.1) is 11.8 Å². The van der Waals surface area contributed by atoms with Crippen molar-refractivity contribution in [1.29, 1.82) is 0 Å². The maximum absolute atomic E-state index is 15.0. The summed E-state index contributed by atoms with van der Waals surface area (Å²) in [7, 11) is 0. The topological polar surface area (TPSA) is 115 Å². The number of alkyl halides is 2. The number of allylic oxidation sites excluding steroid dienone is 2. The fourth-order valence-electron chi connectivity index (χ4n) is 7.08. The number of fused-ring (bicyclic) bond motifs is 4. The Bertz CT molecular complexity index is 1700. The van der Waals surface area contributed by atoms with Crippen molar-refractivity contribution in [1.82, 2.24) is 5.06 Å². The van der Waals surface area contributed by atoms with E-state index in [1.165, 1.54) is 32.1 Å². The summed E-state index contributed by atoms with van der Waals surface area (Å²) in [4.78, 5) is 48.2. The molecule has 2 saturated heterocycles. The highest BCUT2D eigenvalue weighted by Crippen LogP contribution is 2.66. The van der Waals surface area contributed by atoms with E-state index >= 15 is 8.78 Å². The van der Waals surface area contributed by atoms with Crippen molar-refractivity contribution in [3.05, 3.63) is 69.6 Å². The molecule has 1 saturated carbocycles. The molecule has 2 aromatic carbocycles. The smallest absolute Gasteiger partial charge is 0.258 e. The standard InChI is InChI=1S/C28H19Cl2F5N2O6/c1-8-5-10(6-9(2)22(8)38)15-11-3-4-12-14(24(40)37(43)23(12)39)13(11)7-27(29)25(41)36(26(42)28(15,27)30)21-19(34)17(32)16(31)18(33)20(21)35/h3,5-6,12-15,38,43H,4,7H2,1-2H3. The molecule has 2 N–H and O–H groups in total. The summed E-state index contributed by atoms with van der Waals surface area (Å²) in [5, 5.41) is 20.4. The first-order chi connectivity index (χ1) is 20.0. The Labute approximate surface area is 249 Å². The maximum atomic E-state index is 15.0. The van der Waals surface area contributed by atoms with E-state index in [4.69, 9.17) is 23.2 Å². The summed E-state index contributed by atoms with van der Waals surface area (Å²) >= 11 is 14.0. The first kappa shape index (κ1) is 29.5. The second kappa shape index (κ2) is 9.23. The van der Waals surface area contributed by atoms with E-state index in [0.717, 1.165) is 0 Å². The minimum atomic E-state index is -2.67. The largest absolute Gasteiger partial charge is 0.507 e. The van der Waals surface area contributed by atoms with Gasteiger partial charge in [0.25, 0.3) is 23.6 Å². The van der Waals surface area contributed by atoms with Crippen LogP contribution in [0.3, 0.4) is 0 Å². The van der Waals surface area contributed by atoms with Gasteiger partial charge in [0.2, 0.25) is 5.82 Å². The quantitative estimate of drug-likeness (QED) is 0.0935. The average Bonchev–Trinajstić information content (AvgIpc) is 3.27. The summed E-state index contributed by atoms with van der Waals surface area (Å²) in [5.74, 6) is -22.5. The zero-order valence-electron chi connectivity index (χ0n) is 22.0. The molecule has 0 aromatic heterocycles. The van der Waals surface area contributed by atoms with Gasteiger partial charge in [-0.25, -0.2) is 26.9 Å². The molecule has 2 aliphatic carbocycles. The van der Waals surface area contributed by atoms with Crippen molar-refractivity contribution in [2.75, 3.05) is 4.90 Å². The highest BCUT2D eigenvalue weighted by atomic mass is 35.5. The molecule has 6 rings (SSSR count). The third-order valence-corrected chi connectivity index (χ3v) is 10.5. The van der Waals surface area contributed by atoms with Gasteiger partial charge < -0.3 is 5.11 Å². The number of phenolic OH excluding ortho intramolecular Hbond substituents is 1. The van der Waals surface area contributed by atoms with Gasteiger partial charge in [0.15, 0.2) is 33.0 Å². The number of amides is 4. The summed E-state index contributed by atoms with van der Waals surface area (Å²) in [6.07, 6.45) is 0.717. The second-order valence-electron chi connectivity index (χ2n) is 11.2. The molecule has 0 bridgehead atoms. The molecule has 0 radical (unpaired) electrons. The van der Waals surface area contributed by atoms with Gasteiger partial charge in [-0.1, -0.05) is 23.8 Å². The Balaban J connectivity index is 1.63. The molecule has 43 heavy (non-hydrogen) atoms. The number of carbonyl (C=O) groups excluding carboxylic acids is 4. The molecule has 2 heterocycles. The number of aryl methyl sites for hydroxylation is 2. The molecule has 6 atom stereocenters. The van der Waals surface area contributed by atoms with Crippen LogP contribution >= 0.6 is 23.2 Å². The molecule has 8 nitrogen and oxygen atoms in total. The summed E-state index contributed by atoms with van der Waals surface area (Å²) < 4.78 is 72.3. The van der Waals surface area contributed by atoms with Crippen molar-refractivity contribution in [3.8, 4) is 5.75 Å². The van der Waals surface area contributed by atoms with E-state index in [1.807, 2.05) is 0 Å². The van der Waals surface area contributed by atoms with Crippen LogP contribution in [0.25, 0.3) is 0 Å². The van der Waals surface area contributed by atoms with Crippen LogP contribution in [0.15, 0.2) is 23.8 Å². The normalized spacial score (nSPS) is 31.8. The lowest BCUT2D eigenvalue weighted by molar-refractivity contribution is -0.173. The number of hydrogen-bond donors (Lipinski definition) is 2. The fraction of sp³-hybridized carbons (Fsp3) is 0.357. The zero-order chi connectivity index (χ0) is 31.7.